The molecule has 0 saturated carbocycles. The molecule has 0 spiro atoms. The molecule has 3 N–H and O–H groups in total. The summed E-state index contributed by atoms with van der Waals surface area (Å²) in [5.74, 6) is 0. The maximum atomic E-state index is 7.17. The summed E-state index contributed by atoms with van der Waals surface area (Å²) in [6, 6.07) is 0. The van der Waals surface area contributed by atoms with E-state index in [0.717, 1.165) is 0 Å². The van der Waals surface area contributed by atoms with Gasteiger partial charge in [0.15, 0.2) is 0 Å². The second kappa shape index (κ2) is 9.89. The van der Waals surface area contributed by atoms with E-state index in [2.05, 4.69) is 0 Å². The van der Waals surface area contributed by atoms with Gasteiger partial charge in [-0.2, -0.15) is 0 Å². The maximum absolute atomic E-state index is 7.17. The largest absolute Gasteiger partial charge is 0 e. The molecule has 0 aromatic heterocycles. The van der Waals surface area contributed by atoms with E-state index in [4.69, 9.17) is 15.1 Å². The SMILES string of the molecule is OB(O)O.[BiH3].[Cd]. The fraction of sp³-hybridized carbons (Fsp3) is 0. The zero-order chi connectivity index (χ0) is 3.58. The van der Waals surface area contributed by atoms with Crippen molar-refractivity contribution in [1.29, 1.82) is 0 Å². The Morgan fingerprint density at radius 3 is 1.00 bits per heavy atom. The molecule has 0 unspecified atom stereocenters. The quantitative estimate of drug-likeness (QED) is 0.384. The van der Waals surface area contributed by atoms with Crippen molar-refractivity contribution >= 4 is 33.5 Å². The van der Waals surface area contributed by atoms with E-state index in [1.54, 1.807) is 0 Å². The minimum atomic E-state index is -2.17. The van der Waals surface area contributed by atoms with E-state index >= 15 is 0 Å². The Hall–Kier alpha value is 1.75. The van der Waals surface area contributed by atoms with Crippen LogP contribution in [0.5, 0.6) is 0 Å². The molecule has 0 atom stereocenters. The predicted molar refractivity (Wildman–Crippen MR) is 22.3 cm³/mol. The topological polar surface area (TPSA) is 60.7 Å². The smallest absolute Gasteiger partial charge is 0 e. The van der Waals surface area contributed by atoms with Crippen molar-refractivity contribution in [2.45, 2.75) is 0 Å². The van der Waals surface area contributed by atoms with Crippen LogP contribution < -0.4 is 0 Å². The summed E-state index contributed by atoms with van der Waals surface area (Å²) in [6.45, 7) is 0. The van der Waals surface area contributed by atoms with Gasteiger partial charge < -0.3 is 15.1 Å². The van der Waals surface area contributed by atoms with Crippen LogP contribution >= 0.6 is 0 Å². The zero-order valence-electron chi connectivity index (χ0n) is 3.33. The molecule has 0 heterocycles. The van der Waals surface area contributed by atoms with Crippen molar-refractivity contribution in [3.8, 4) is 0 Å². The Balaban J connectivity index is -0.0000000450. The summed E-state index contributed by atoms with van der Waals surface area (Å²) in [6.07, 6.45) is 0. The van der Waals surface area contributed by atoms with Gasteiger partial charge in [-0.25, -0.2) is 0 Å². The van der Waals surface area contributed by atoms with E-state index in [0.29, 0.717) is 0 Å². The van der Waals surface area contributed by atoms with Crippen LogP contribution in [-0.4, -0.2) is 48.6 Å². The Kier molecular flexibility index (Phi) is 25.8. The van der Waals surface area contributed by atoms with E-state index < -0.39 is 7.32 Å². The van der Waals surface area contributed by atoms with Gasteiger partial charge in [-0.15, -0.1) is 0 Å². The first-order valence-corrected chi connectivity index (χ1v) is 0.775. The second-order valence-corrected chi connectivity index (χ2v) is 0.346. The molecule has 6 heteroatoms. The molecule has 0 rings (SSSR count). The normalized spacial score (nSPS) is 4.50. The Morgan fingerprint density at radius 1 is 1.00 bits per heavy atom. The van der Waals surface area contributed by atoms with Crippen LogP contribution in [0, 0.1) is 0 Å². The molecule has 0 amide bonds. The summed E-state index contributed by atoms with van der Waals surface area (Å²) in [4.78, 5) is 0. The first kappa shape index (κ1) is 15.7. The van der Waals surface area contributed by atoms with Gasteiger partial charge in [0.2, 0.25) is 0 Å². The summed E-state index contributed by atoms with van der Waals surface area (Å²) in [5.41, 5.74) is 0. The van der Waals surface area contributed by atoms with Crippen molar-refractivity contribution in [2.75, 3.05) is 0 Å². The van der Waals surface area contributed by atoms with Crippen LogP contribution in [-0.2, 0) is 27.3 Å². The maximum Gasteiger partial charge on any atom is 0 e. The molecule has 0 aromatic rings. The van der Waals surface area contributed by atoms with Crippen LogP contribution in [0.4, 0.5) is 0 Å². The molecule has 0 aliphatic carbocycles. The molecule has 0 fully saturated rings. The fourth-order valence-corrected chi connectivity index (χ4v) is 0. The molecule has 0 radical (unpaired) electrons. The zero-order valence-corrected chi connectivity index (χ0v) is 12.9. The predicted octanol–water partition coefficient (Wildman–Crippen LogP) is -3.24. The summed E-state index contributed by atoms with van der Waals surface area (Å²) in [5, 5.41) is 21.5. The Labute approximate surface area is 75.2 Å². The van der Waals surface area contributed by atoms with Gasteiger partial charge in [0.1, 0.15) is 0 Å². The molecular formula is H6BBiCdO3. The van der Waals surface area contributed by atoms with E-state index in [1.807, 2.05) is 0 Å². The van der Waals surface area contributed by atoms with Gasteiger partial charge in [0.05, 0.1) is 0 Å². The molecule has 34 valence electrons. The van der Waals surface area contributed by atoms with Gasteiger partial charge in [0, 0.05) is 27.3 Å². The molecule has 6 heavy (non-hydrogen) atoms. The summed E-state index contributed by atoms with van der Waals surface area (Å²) >= 11 is 0. The van der Waals surface area contributed by atoms with Crippen LogP contribution in [0.3, 0.4) is 0 Å². The Bertz CT molecular complexity index is 15.5. The third-order valence-electron chi connectivity index (χ3n) is 0. The summed E-state index contributed by atoms with van der Waals surface area (Å²) in [7, 11) is -2.17. The summed E-state index contributed by atoms with van der Waals surface area (Å²) < 4.78 is 0. The average Bonchev–Trinajstić information content (AvgIpc) is 0.811. The minimum Gasteiger partial charge on any atom is 0 e. The van der Waals surface area contributed by atoms with Crippen molar-refractivity contribution < 1.29 is 42.4 Å². The third kappa shape index (κ3) is 42.4. The monoisotopic (exact) mass is 388 g/mol. The van der Waals surface area contributed by atoms with Crippen molar-refractivity contribution in [2.24, 2.45) is 0 Å². The number of hydrogen-bond acceptors (Lipinski definition) is 3. The van der Waals surface area contributed by atoms with Crippen LogP contribution in [0.15, 0.2) is 0 Å². The van der Waals surface area contributed by atoms with Crippen molar-refractivity contribution in [3.63, 3.8) is 0 Å². The van der Waals surface area contributed by atoms with Crippen LogP contribution in [0.25, 0.3) is 0 Å². The van der Waals surface area contributed by atoms with Crippen LogP contribution in [0.2, 0.25) is 0 Å². The molecule has 0 aliphatic heterocycles. The molecule has 0 saturated heterocycles. The van der Waals surface area contributed by atoms with E-state index in [1.165, 1.54) is 0 Å². The Morgan fingerprint density at radius 2 is 1.00 bits per heavy atom. The van der Waals surface area contributed by atoms with Gasteiger partial charge in [-0.3, -0.25) is 0 Å². The first-order valence-electron chi connectivity index (χ1n) is 0.775. The fourth-order valence-electron chi connectivity index (χ4n) is 0. The third-order valence-corrected chi connectivity index (χ3v) is 0. The second-order valence-electron chi connectivity index (χ2n) is 0.346. The minimum absolute atomic E-state index is 0. The van der Waals surface area contributed by atoms with Crippen LogP contribution in [0.1, 0.15) is 0 Å². The van der Waals surface area contributed by atoms with E-state index in [9.17, 15) is 0 Å². The van der Waals surface area contributed by atoms with Gasteiger partial charge in [-0.1, -0.05) is 0 Å². The average molecular weight is 386 g/mol. The van der Waals surface area contributed by atoms with Crippen molar-refractivity contribution in [1.82, 2.24) is 0 Å². The molecule has 3 nitrogen and oxygen atoms in total. The molecular weight excluding hydrogens is 380 g/mol. The van der Waals surface area contributed by atoms with Gasteiger partial charge in [-0.05, 0) is 0 Å². The van der Waals surface area contributed by atoms with Gasteiger partial charge >= 0.3 is 33.5 Å². The number of hydrogen-bond donors (Lipinski definition) is 3. The standard InChI is InChI=1S/BH3O3.Bi.Cd.3H/c2-1(3)4;;;;;/h2-4H;;;;;. The molecule has 0 aromatic carbocycles. The van der Waals surface area contributed by atoms with Crippen molar-refractivity contribution in [3.05, 3.63) is 0 Å². The van der Waals surface area contributed by atoms with E-state index in [-0.39, 0.29) is 53.5 Å². The molecule has 0 aliphatic rings. The first-order chi connectivity index (χ1) is 1.73. The number of rotatable bonds is 0. The molecule has 0 bridgehead atoms. The van der Waals surface area contributed by atoms with Gasteiger partial charge in [0.25, 0.3) is 0 Å².